The van der Waals surface area contributed by atoms with Crippen molar-refractivity contribution in [2.75, 3.05) is 4.90 Å². The molecule has 32 heavy (non-hydrogen) atoms. The van der Waals surface area contributed by atoms with Crippen molar-refractivity contribution in [2.45, 2.75) is 71.0 Å². The van der Waals surface area contributed by atoms with Gasteiger partial charge in [0.25, 0.3) is 0 Å². The average molecular weight is 445 g/mol. The highest BCUT2D eigenvalue weighted by atomic mass is 32.1. The normalized spacial score (nSPS) is 21.3. The van der Waals surface area contributed by atoms with Crippen molar-refractivity contribution in [3.05, 3.63) is 82.9 Å². The molecule has 4 nitrogen and oxygen atoms in total. The van der Waals surface area contributed by atoms with Crippen LogP contribution in [0.25, 0.3) is 0 Å². The number of pyridine rings is 1. The molecule has 5 heteroatoms. The van der Waals surface area contributed by atoms with E-state index in [4.69, 9.17) is 17.2 Å². The Labute approximate surface area is 196 Å². The summed E-state index contributed by atoms with van der Waals surface area (Å²) in [7, 11) is 0. The number of rotatable bonds is 5. The van der Waals surface area contributed by atoms with E-state index in [1.54, 1.807) is 0 Å². The van der Waals surface area contributed by atoms with Crippen molar-refractivity contribution in [1.29, 1.82) is 0 Å². The maximum absolute atomic E-state index is 5.91. The first-order valence-corrected chi connectivity index (χ1v) is 12.3. The molecular formula is C27H32N4S. The van der Waals surface area contributed by atoms with Gasteiger partial charge in [-0.25, -0.2) is 0 Å². The molecule has 1 aliphatic carbocycles. The Balaban J connectivity index is 1.63. The van der Waals surface area contributed by atoms with E-state index in [0.29, 0.717) is 6.04 Å². The lowest BCUT2D eigenvalue weighted by Crippen LogP contribution is -2.29. The standard InChI is InChI=1S/C27H32N4S/c1-4-20-12-14-22(15-13-20)31-26(25(29-27(31)32)24-11-7-8-16-28-24)23-17-18(2)30(19(23)3)21-9-5-6-10-21/h7-8,11-17,21,25-26H,4-6,9-10H2,1-3H3,(H,29,32)/t25-,26-/m0/s1. The van der Waals surface area contributed by atoms with Gasteiger partial charge in [0.05, 0.1) is 17.8 Å². The van der Waals surface area contributed by atoms with E-state index in [-0.39, 0.29) is 12.1 Å². The molecule has 2 atom stereocenters. The first kappa shape index (κ1) is 21.2. The average Bonchev–Trinajstić information content (AvgIpc) is 3.52. The van der Waals surface area contributed by atoms with Gasteiger partial charge in [-0.1, -0.05) is 38.0 Å². The highest BCUT2D eigenvalue weighted by Crippen LogP contribution is 2.44. The third-order valence-electron chi connectivity index (χ3n) is 7.25. The molecule has 1 aliphatic heterocycles. The summed E-state index contributed by atoms with van der Waals surface area (Å²) in [5.74, 6) is 0. The molecule has 1 aromatic carbocycles. The van der Waals surface area contributed by atoms with E-state index >= 15 is 0 Å². The molecule has 0 bridgehead atoms. The summed E-state index contributed by atoms with van der Waals surface area (Å²) in [5.41, 5.74) is 7.55. The number of aromatic nitrogens is 2. The number of nitrogens with one attached hydrogen (secondary N) is 1. The van der Waals surface area contributed by atoms with Crippen LogP contribution in [0.2, 0.25) is 0 Å². The molecule has 1 N–H and O–H groups in total. The summed E-state index contributed by atoms with van der Waals surface area (Å²) in [4.78, 5) is 7.01. The third kappa shape index (κ3) is 3.62. The number of anilines is 1. The van der Waals surface area contributed by atoms with Gasteiger partial charge in [0.1, 0.15) is 0 Å². The van der Waals surface area contributed by atoms with Crippen molar-refractivity contribution in [3.8, 4) is 0 Å². The van der Waals surface area contributed by atoms with E-state index in [0.717, 1.165) is 22.9 Å². The molecule has 0 amide bonds. The topological polar surface area (TPSA) is 33.1 Å². The molecule has 0 radical (unpaired) electrons. The summed E-state index contributed by atoms with van der Waals surface area (Å²) >= 11 is 5.91. The predicted molar refractivity (Wildman–Crippen MR) is 135 cm³/mol. The fourth-order valence-corrected chi connectivity index (χ4v) is 6.01. The fraction of sp³-hybridized carbons (Fsp3) is 0.407. The second-order valence-corrected chi connectivity index (χ2v) is 9.54. The lowest BCUT2D eigenvalue weighted by Gasteiger charge is -2.28. The highest BCUT2D eigenvalue weighted by molar-refractivity contribution is 7.80. The van der Waals surface area contributed by atoms with Gasteiger partial charge in [-0.15, -0.1) is 0 Å². The largest absolute Gasteiger partial charge is 0.351 e. The second-order valence-electron chi connectivity index (χ2n) is 9.15. The summed E-state index contributed by atoms with van der Waals surface area (Å²) in [6.07, 6.45) is 8.13. The molecule has 166 valence electrons. The molecule has 2 fully saturated rings. The van der Waals surface area contributed by atoms with E-state index in [1.165, 1.54) is 48.2 Å². The molecule has 1 saturated carbocycles. The lowest BCUT2D eigenvalue weighted by molar-refractivity contribution is 0.494. The van der Waals surface area contributed by atoms with Gasteiger partial charge in [0.2, 0.25) is 0 Å². The summed E-state index contributed by atoms with van der Waals surface area (Å²) in [6, 6.07) is 18.0. The molecule has 0 spiro atoms. The summed E-state index contributed by atoms with van der Waals surface area (Å²) < 4.78 is 2.58. The first-order chi connectivity index (χ1) is 15.6. The van der Waals surface area contributed by atoms with Crippen molar-refractivity contribution in [1.82, 2.24) is 14.9 Å². The van der Waals surface area contributed by atoms with Crippen LogP contribution in [0.3, 0.4) is 0 Å². The molecule has 3 heterocycles. The monoisotopic (exact) mass is 444 g/mol. The van der Waals surface area contributed by atoms with Gasteiger partial charge < -0.3 is 14.8 Å². The second kappa shape index (κ2) is 8.70. The SMILES string of the molecule is CCc1ccc(N2C(=S)N[C@@H](c3ccccn3)[C@@H]2c2cc(C)n(C3CCCC3)c2C)cc1. The number of benzene rings is 1. The molecule has 2 aliphatic rings. The first-order valence-electron chi connectivity index (χ1n) is 11.9. The Bertz CT molecular complexity index is 1100. The van der Waals surface area contributed by atoms with E-state index in [1.807, 2.05) is 12.3 Å². The summed E-state index contributed by atoms with van der Waals surface area (Å²) in [5, 5.41) is 4.37. The van der Waals surface area contributed by atoms with E-state index < -0.39 is 0 Å². The molecule has 5 rings (SSSR count). The Hall–Kier alpha value is -2.66. The molecule has 0 unspecified atom stereocenters. The van der Waals surface area contributed by atoms with Crippen LogP contribution in [0, 0.1) is 13.8 Å². The lowest BCUT2D eigenvalue weighted by atomic mass is 9.96. The minimum absolute atomic E-state index is 0.00656. The van der Waals surface area contributed by atoms with Crippen molar-refractivity contribution in [3.63, 3.8) is 0 Å². The third-order valence-corrected chi connectivity index (χ3v) is 7.57. The maximum Gasteiger partial charge on any atom is 0.174 e. The van der Waals surface area contributed by atoms with E-state index in [9.17, 15) is 0 Å². The number of thiocarbonyl (C=S) groups is 1. The maximum atomic E-state index is 5.91. The van der Waals surface area contributed by atoms with Crippen LogP contribution in [-0.4, -0.2) is 14.7 Å². The van der Waals surface area contributed by atoms with Crippen molar-refractivity contribution < 1.29 is 0 Å². The van der Waals surface area contributed by atoms with Crippen LogP contribution in [-0.2, 0) is 6.42 Å². The number of nitrogens with zero attached hydrogens (tertiary/aromatic N) is 3. The van der Waals surface area contributed by atoms with Crippen LogP contribution >= 0.6 is 12.2 Å². The van der Waals surface area contributed by atoms with Crippen molar-refractivity contribution in [2.24, 2.45) is 0 Å². The molecular weight excluding hydrogens is 412 g/mol. The van der Waals surface area contributed by atoms with Crippen LogP contribution in [0.15, 0.2) is 54.7 Å². The van der Waals surface area contributed by atoms with E-state index in [2.05, 4.69) is 78.0 Å². The van der Waals surface area contributed by atoms with Gasteiger partial charge in [0, 0.05) is 29.3 Å². The Morgan fingerprint density at radius 2 is 1.81 bits per heavy atom. The zero-order chi connectivity index (χ0) is 22.2. The molecule has 2 aromatic heterocycles. The molecule has 3 aromatic rings. The zero-order valence-corrected chi connectivity index (χ0v) is 20.0. The van der Waals surface area contributed by atoms with Gasteiger partial charge in [-0.2, -0.15) is 0 Å². The van der Waals surface area contributed by atoms with Crippen molar-refractivity contribution >= 4 is 23.0 Å². The van der Waals surface area contributed by atoms with Crippen LogP contribution in [0.1, 0.15) is 78.9 Å². The minimum Gasteiger partial charge on any atom is -0.351 e. The number of hydrogen-bond donors (Lipinski definition) is 1. The highest BCUT2D eigenvalue weighted by Gasteiger charge is 2.42. The van der Waals surface area contributed by atoms with Gasteiger partial charge in [-0.05, 0) is 86.8 Å². The van der Waals surface area contributed by atoms with Gasteiger partial charge in [-0.3, -0.25) is 4.98 Å². The van der Waals surface area contributed by atoms with Crippen LogP contribution in [0.5, 0.6) is 0 Å². The molecule has 1 saturated heterocycles. The zero-order valence-electron chi connectivity index (χ0n) is 19.2. The predicted octanol–water partition coefficient (Wildman–Crippen LogP) is 6.35. The summed E-state index contributed by atoms with van der Waals surface area (Å²) in [6.45, 7) is 6.73. The Morgan fingerprint density at radius 1 is 1.06 bits per heavy atom. The number of hydrogen-bond acceptors (Lipinski definition) is 2. The smallest absolute Gasteiger partial charge is 0.174 e. The van der Waals surface area contributed by atoms with Gasteiger partial charge >= 0.3 is 0 Å². The Kier molecular flexibility index (Phi) is 5.76. The quantitative estimate of drug-likeness (QED) is 0.465. The minimum atomic E-state index is 0.00656. The Morgan fingerprint density at radius 3 is 2.47 bits per heavy atom. The van der Waals surface area contributed by atoms with Crippen LogP contribution < -0.4 is 10.2 Å². The van der Waals surface area contributed by atoms with Crippen LogP contribution in [0.4, 0.5) is 5.69 Å². The van der Waals surface area contributed by atoms with Gasteiger partial charge in [0.15, 0.2) is 5.11 Å². The fourth-order valence-electron chi connectivity index (χ4n) is 5.67. The number of aryl methyl sites for hydroxylation is 2.